The topological polar surface area (TPSA) is 184 Å². The summed E-state index contributed by atoms with van der Waals surface area (Å²) < 4.78 is 16.6. The Morgan fingerprint density at radius 3 is 2.10 bits per heavy atom. The Hall–Kier alpha value is -5.48. The average molecular weight is 720 g/mol. The van der Waals surface area contributed by atoms with Gasteiger partial charge in [-0.2, -0.15) is 0 Å². The Morgan fingerprint density at radius 2 is 1.51 bits per heavy atom. The highest BCUT2D eigenvalue weighted by atomic mass is 32.2. The van der Waals surface area contributed by atoms with Gasteiger partial charge in [0.1, 0.15) is 18.6 Å². The van der Waals surface area contributed by atoms with E-state index < -0.39 is 28.1 Å². The summed E-state index contributed by atoms with van der Waals surface area (Å²) in [5, 5.41) is 24.5. The molecule has 16 heteroatoms. The number of nitrogens with one attached hydrogen (secondary N) is 1. The van der Waals surface area contributed by atoms with Crippen molar-refractivity contribution in [2.24, 2.45) is 0 Å². The number of nitro benzene ring substituents is 2. The summed E-state index contributed by atoms with van der Waals surface area (Å²) in [5.41, 5.74) is 1.78. The Morgan fingerprint density at radius 1 is 0.902 bits per heavy atom. The van der Waals surface area contributed by atoms with Gasteiger partial charge in [-0.15, -0.1) is 11.8 Å². The van der Waals surface area contributed by atoms with E-state index in [4.69, 9.17) is 14.2 Å². The van der Waals surface area contributed by atoms with Crippen LogP contribution >= 0.6 is 11.8 Å². The quantitative estimate of drug-likeness (QED) is 0.0983. The van der Waals surface area contributed by atoms with E-state index in [9.17, 15) is 34.6 Å². The maximum Gasteiger partial charge on any atom is 0.410 e. The molecule has 1 unspecified atom stereocenters. The number of nitrogens with zero attached hydrogens (tertiary/aromatic N) is 4. The van der Waals surface area contributed by atoms with E-state index in [1.54, 1.807) is 34.7 Å². The molecule has 1 N–H and O–H groups in total. The minimum atomic E-state index is -0.662. The molecule has 2 aliphatic rings. The fourth-order valence-corrected chi connectivity index (χ4v) is 7.09. The van der Waals surface area contributed by atoms with E-state index in [0.29, 0.717) is 37.1 Å². The van der Waals surface area contributed by atoms with Gasteiger partial charge in [0.25, 0.3) is 11.4 Å². The second-order valence-corrected chi connectivity index (χ2v) is 13.3. The van der Waals surface area contributed by atoms with E-state index in [0.717, 1.165) is 5.56 Å². The molecule has 0 spiro atoms. The predicted molar refractivity (Wildman–Crippen MR) is 187 cm³/mol. The molecular weight excluding hydrogens is 682 g/mol. The van der Waals surface area contributed by atoms with Gasteiger partial charge in [-0.1, -0.05) is 36.4 Å². The zero-order valence-corrected chi connectivity index (χ0v) is 28.5. The average Bonchev–Trinajstić information content (AvgIpc) is 3.78. The second-order valence-electron chi connectivity index (χ2n) is 11.9. The number of carbonyl (C=O) groups excluding carboxylic acids is 3. The van der Waals surface area contributed by atoms with Gasteiger partial charge in [-0.05, 0) is 53.8 Å². The highest BCUT2D eigenvalue weighted by Gasteiger charge is 2.37. The Labute approximate surface area is 297 Å². The fraction of sp³-hybridized carbons (Fsp3) is 0.343. The zero-order valence-electron chi connectivity index (χ0n) is 27.7. The molecule has 268 valence electrons. The van der Waals surface area contributed by atoms with E-state index >= 15 is 0 Å². The van der Waals surface area contributed by atoms with Crippen LogP contribution in [0.3, 0.4) is 0 Å². The van der Waals surface area contributed by atoms with Gasteiger partial charge in [0.05, 0.1) is 21.9 Å². The molecule has 0 saturated carbocycles. The van der Waals surface area contributed by atoms with E-state index in [1.807, 2.05) is 30.3 Å². The van der Waals surface area contributed by atoms with Crippen LogP contribution in [-0.2, 0) is 32.2 Å². The van der Waals surface area contributed by atoms with E-state index in [-0.39, 0.29) is 53.8 Å². The molecule has 2 fully saturated rings. The number of carbonyl (C=O) groups is 3. The lowest BCUT2D eigenvalue weighted by atomic mass is 10.2. The van der Waals surface area contributed by atoms with Gasteiger partial charge in [-0.3, -0.25) is 25.0 Å². The molecule has 15 nitrogen and oxygen atoms in total. The van der Waals surface area contributed by atoms with Crippen LogP contribution in [-0.4, -0.2) is 81.8 Å². The number of ether oxygens (including phenoxy) is 3. The first kappa shape index (κ1) is 36.8. The van der Waals surface area contributed by atoms with Crippen molar-refractivity contribution in [3.05, 3.63) is 128 Å². The lowest BCUT2D eigenvalue weighted by molar-refractivity contribution is -0.385. The molecule has 0 radical (unpaired) electrons. The van der Waals surface area contributed by atoms with Gasteiger partial charge < -0.3 is 29.3 Å². The van der Waals surface area contributed by atoms with Crippen LogP contribution < -0.4 is 5.32 Å². The fourth-order valence-electron chi connectivity index (χ4n) is 5.76. The minimum Gasteiger partial charge on any atom is -0.445 e. The van der Waals surface area contributed by atoms with Crippen LogP contribution in [0.1, 0.15) is 35.0 Å². The van der Waals surface area contributed by atoms with Crippen LogP contribution in [0.25, 0.3) is 0 Å². The summed E-state index contributed by atoms with van der Waals surface area (Å²) >= 11 is 1.58. The van der Waals surface area contributed by atoms with Gasteiger partial charge in [0.15, 0.2) is 0 Å². The highest BCUT2D eigenvalue weighted by molar-refractivity contribution is 8.00. The third kappa shape index (κ3) is 10.3. The number of nitro groups is 2. The van der Waals surface area contributed by atoms with E-state index in [1.165, 1.54) is 54.6 Å². The molecule has 4 atom stereocenters. The standard InChI is InChI=1S/C35H37N5O10S/c1-48-33(26-5-3-2-4-6-26)51-31-19-30(38(21-31)35(43)50-23-25-9-13-29(14-10-25)40(46)47)15-16-32(41)37-18-17-27(20-37)36-34(42)49-22-24-7-11-28(12-8-24)39(44)45/h2-16,27,30-31,33H,17-23H2,1H3,(H,36,42)/b16-15+/t27-,30+,31-,33?/m0/s1. The number of thioether (sulfide) groups is 1. The SMILES string of the molecule is COC(S[C@H]1C[C@@H](/C=C/C(=O)N2CC[C@H](NC(=O)OCc3ccc([N+](=O)[O-])cc3)C2)N(C(=O)OCc2ccc([N+](=O)[O-])cc2)C1)c1ccccc1. The summed E-state index contributed by atoms with van der Waals surface area (Å²) in [4.78, 5) is 62.9. The third-order valence-corrected chi connectivity index (χ3v) is 9.89. The number of hydrogen-bond donors (Lipinski definition) is 1. The first-order valence-corrected chi connectivity index (χ1v) is 17.1. The van der Waals surface area contributed by atoms with Crippen molar-refractivity contribution in [2.75, 3.05) is 26.7 Å². The molecule has 0 aliphatic carbocycles. The molecule has 2 aliphatic heterocycles. The van der Waals surface area contributed by atoms with Crippen molar-refractivity contribution >= 4 is 41.2 Å². The Kier molecular flexibility index (Phi) is 12.6. The number of amides is 3. The molecule has 0 bridgehead atoms. The second kappa shape index (κ2) is 17.4. The zero-order chi connectivity index (χ0) is 36.3. The van der Waals surface area contributed by atoms with Crippen molar-refractivity contribution in [1.82, 2.24) is 15.1 Å². The smallest absolute Gasteiger partial charge is 0.410 e. The van der Waals surface area contributed by atoms with Crippen LogP contribution in [0, 0.1) is 20.2 Å². The van der Waals surface area contributed by atoms with Gasteiger partial charge >= 0.3 is 12.2 Å². The summed E-state index contributed by atoms with van der Waals surface area (Å²) in [5.74, 6) is -0.270. The molecule has 3 aromatic carbocycles. The van der Waals surface area contributed by atoms with Crippen molar-refractivity contribution in [1.29, 1.82) is 0 Å². The molecule has 3 aromatic rings. The predicted octanol–water partition coefficient (Wildman–Crippen LogP) is 5.74. The monoisotopic (exact) mass is 719 g/mol. The summed E-state index contributed by atoms with van der Waals surface area (Å²) in [7, 11) is 1.63. The molecule has 0 aromatic heterocycles. The number of alkyl carbamates (subject to hydrolysis) is 1. The third-order valence-electron chi connectivity index (χ3n) is 8.45. The summed E-state index contributed by atoms with van der Waals surface area (Å²) in [6.45, 7) is 0.882. The maximum absolute atomic E-state index is 13.4. The van der Waals surface area contributed by atoms with Crippen molar-refractivity contribution in [3.63, 3.8) is 0 Å². The number of rotatable bonds is 13. The first-order chi connectivity index (χ1) is 24.6. The molecular formula is C35H37N5O10S. The normalized spacial score (nSPS) is 19.1. The summed E-state index contributed by atoms with van der Waals surface area (Å²) in [6, 6.07) is 20.4. The van der Waals surface area contributed by atoms with Crippen LogP contribution in [0.5, 0.6) is 0 Å². The largest absolute Gasteiger partial charge is 0.445 e. The number of hydrogen-bond acceptors (Lipinski definition) is 11. The number of non-ortho nitro benzene ring substituents is 2. The summed E-state index contributed by atoms with van der Waals surface area (Å²) in [6.07, 6.45) is 2.95. The highest BCUT2D eigenvalue weighted by Crippen LogP contribution is 2.39. The Balaban J connectivity index is 1.16. The molecule has 2 heterocycles. The number of likely N-dealkylation sites (tertiary alicyclic amines) is 2. The minimum absolute atomic E-state index is 0.0378. The molecule has 51 heavy (non-hydrogen) atoms. The molecule has 3 amide bonds. The van der Waals surface area contributed by atoms with Crippen LogP contribution in [0.15, 0.2) is 91.0 Å². The maximum atomic E-state index is 13.4. The lowest BCUT2D eigenvalue weighted by Crippen LogP contribution is -2.38. The van der Waals surface area contributed by atoms with Crippen molar-refractivity contribution < 1.29 is 38.4 Å². The van der Waals surface area contributed by atoms with Gasteiger partial charge in [0, 0.05) is 62.3 Å². The van der Waals surface area contributed by atoms with Crippen LogP contribution in [0.4, 0.5) is 21.0 Å². The number of methoxy groups -OCH3 is 1. The molecule has 2 saturated heterocycles. The van der Waals surface area contributed by atoms with Gasteiger partial charge in [-0.25, -0.2) is 9.59 Å². The Bertz CT molecular complexity index is 1720. The van der Waals surface area contributed by atoms with Crippen molar-refractivity contribution in [3.8, 4) is 0 Å². The van der Waals surface area contributed by atoms with E-state index in [2.05, 4.69) is 5.32 Å². The molecule has 5 rings (SSSR count). The van der Waals surface area contributed by atoms with Crippen molar-refractivity contribution in [2.45, 2.75) is 48.8 Å². The first-order valence-electron chi connectivity index (χ1n) is 16.1. The van der Waals surface area contributed by atoms with Crippen LogP contribution in [0.2, 0.25) is 0 Å². The van der Waals surface area contributed by atoms with Gasteiger partial charge in [0.2, 0.25) is 5.91 Å². The lowest BCUT2D eigenvalue weighted by Gasteiger charge is -2.22. The number of benzene rings is 3.